The van der Waals surface area contributed by atoms with Gasteiger partial charge in [0.05, 0.1) is 17.6 Å². The number of amides is 1. The molecule has 0 saturated heterocycles. The van der Waals surface area contributed by atoms with E-state index in [9.17, 15) is 13.2 Å². The Labute approximate surface area is 143 Å². The minimum atomic E-state index is -3.40. The lowest BCUT2D eigenvalue weighted by atomic mass is 10.0. The third-order valence-corrected chi connectivity index (χ3v) is 4.21. The van der Waals surface area contributed by atoms with Crippen molar-refractivity contribution in [3.8, 4) is 0 Å². The second kappa shape index (κ2) is 7.49. The van der Waals surface area contributed by atoms with Gasteiger partial charge in [0.2, 0.25) is 15.9 Å². The molecular weight excluding hydrogens is 324 g/mol. The Morgan fingerprint density at radius 1 is 1.04 bits per heavy atom. The molecular formula is C18H22N2O3S. The highest BCUT2D eigenvalue weighted by atomic mass is 32.2. The van der Waals surface area contributed by atoms with Crippen LogP contribution in [-0.2, 0) is 21.2 Å². The van der Waals surface area contributed by atoms with Crippen LogP contribution in [-0.4, -0.2) is 20.6 Å². The second-order valence-corrected chi connectivity index (χ2v) is 7.65. The van der Waals surface area contributed by atoms with Crippen LogP contribution in [0.2, 0.25) is 0 Å². The summed E-state index contributed by atoms with van der Waals surface area (Å²) in [6, 6.07) is 12.9. The van der Waals surface area contributed by atoms with Gasteiger partial charge in [0, 0.05) is 6.42 Å². The van der Waals surface area contributed by atoms with E-state index >= 15 is 0 Å². The summed E-state index contributed by atoms with van der Waals surface area (Å²) < 4.78 is 25.2. The number of aryl methyl sites for hydroxylation is 3. The summed E-state index contributed by atoms with van der Waals surface area (Å²) in [6.45, 7) is 4.07. The van der Waals surface area contributed by atoms with Crippen molar-refractivity contribution < 1.29 is 13.2 Å². The molecule has 0 bridgehead atoms. The fourth-order valence-electron chi connectivity index (χ4n) is 2.47. The van der Waals surface area contributed by atoms with Gasteiger partial charge in [-0.15, -0.1) is 0 Å². The Morgan fingerprint density at radius 3 is 2.33 bits per heavy atom. The van der Waals surface area contributed by atoms with Crippen molar-refractivity contribution >= 4 is 27.3 Å². The summed E-state index contributed by atoms with van der Waals surface area (Å²) in [5.74, 6) is -0.155. The Bertz CT molecular complexity index is 845. The molecule has 0 heterocycles. The third kappa shape index (κ3) is 5.38. The van der Waals surface area contributed by atoms with Gasteiger partial charge >= 0.3 is 0 Å². The monoisotopic (exact) mass is 346 g/mol. The van der Waals surface area contributed by atoms with E-state index in [0.29, 0.717) is 24.2 Å². The molecule has 2 aromatic rings. The van der Waals surface area contributed by atoms with E-state index in [1.54, 1.807) is 24.3 Å². The maximum atomic E-state index is 12.2. The zero-order valence-electron chi connectivity index (χ0n) is 14.1. The minimum absolute atomic E-state index is 0.155. The zero-order chi connectivity index (χ0) is 17.7. The lowest BCUT2D eigenvalue weighted by Crippen LogP contribution is -2.16. The first kappa shape index (κ1) is 18.0. The predicted molar refractivity (Wildman–Crippen MR) is 97.8 cm³/mol. The van der Waals surface area contributed by atoms with E-state index in [1.165, 1.54) is 11.1 Å². The van der Waals surface area contributed by atoms with E-state index in [0.717, 1.165) is 11.8 Å². The van der Waals surface area contributed by atoms with Crippen LogP contribution in [0.1, 0.15) is 23.1 Å². The molecule has 0 fully saturated rings. The first-order chi connectivity index (χ1) is 11.2. The molecule has 0 aliphatic rings. The van der Waals surface area contributed by atoms with Gasteiger partial charge in [0.15, 0.2) is 0 Å². The number of nitrogens with one attached hydrogen (secondary N) is 2. The smallest absolute Gasteiger partial charge is 0.229 e. The average molecular weight is 346 g/mol. The highest BCUT2D eigenvalue weighted by molar-refractivity contribution is 7.92. The van der Waals surface area contributed by atoms with Gasteiger partial charge in [-0.1, -0.05) is 35.9 Å². The molecule has 0 atom stereocenters. The summed E-state index contributed by atoms with van der Waals surface area (Å²) in [6.07, 6.45) is 2.04. The molecule has 6 heteroatoms. The quantitative estimate of drug-likeness (QED) is 0.843. The number of hydrogen-bond donors (Lipinski definition) is 2. The van der Waals surface area contributed by atoms with Crippen LogP contribution in [0.25, 0.3) is 0 Å². The van der Waals surface area contributed by atoms with Gasteiger partial charge < -0.3 is 5.32 Å². The van der Waals surface area contributed by atoms with Crippen LogP contribution in [0.3, 0.4) is 0 Å². The second-order valence-electron chi connectivity index (χ2n) is 5.90. The van der Waals surface area contributed by atoms with E-state index in [4.69, 9.17) is 0 Å². The van der Waals surface area contributed by atoms with Crippen molar-refractivity contribution in [2.75, 3.05) is 16.3 Å². The molecule has 2 rings (SSSR count). The highest BCUT2D eigenvalue weighted by Crippen LogP contribution is 2.22. The molecule has 0 unspecified atom stereocenters. The summed E-state index contributed by atoms with van der Waals surface area (Å²) in [7, 11) is -3.40. The van der Waals surface area contributed by atoms with Crippen LogP contribution in [0.5, 0.6) is 0 Å². The standard InChI is InChI=1S/C18H22N2O3S/c1-13-8-9-15(14(2)12-13)10-11-18(21)19-16-6-4-5-7-17(16)20-24(3,22)23/h4-9,12,20H,10-11H2,1-3H3,(H,19,21). The molecule has 0 spiro atoms. The Morgan fingerprint density at radius 2 is 1.71 bits per heavy atom. The van der Waals surface area contributed by atoms with E-state index in [1.807, 2.05) is 26.0 Å². The Balaban J connectivity index is 2.02. The number of para-hydroxylation sites is 2. The minimum Gasteiger partial charge on any atom is -0.324 e. The largest absolute Gasteiger partial charge is 0.324 e. The molecule has 2 N–H and O–H groups in total. The van der Waals surface area contributed by atoms with Crippen molar-refractivity contribution in [3.05, 3.63) is 59.2 Å². The maximum absolute atomic E-state index is 12.2. The number of benzene rings is 2. The molecule has 2 aromatic carbocycles. The molecule has 1 amide bonds. The average Bonchev–Trinajstić information content (AvgIpc) is 2.47. The van der Waals surface area contributed by atoms with Gasteiger partial charge in [-0.05, 0) is 43.5 Å². The summed E-state index contributed by atoms with van der Waals surface area (Å²) >= 11 is 0. The van der Waals surface area contributed by atoms with Crippen LogP contribution >= 0.6 is 0 Å². The van der Waals surface area contributed by atoms with Crippen LogP contribution in [0.15, 0.2) is 42.5 Å². The van der Waals surface area contributed by atoms with E-state index < -0.39 is 10.0 Å². The van der Waals surface area contributed by atoms with Crippen LogP contribution in [0.4, 0.5) is 11.4 Å². The number of carbonyl (C=O) groups excluding carboxylic acids is 1. The first-order valence-corrected chi connectivity index (χ1v) is 9.56. The topological polar surface area (TPSA) is 75.3 Å². The molecule has 0 aliphatic heterocycles. The SMILES string of the molecule is Cc1ccc(CCC(=O)Nc2ccccc2NS(C)(=O)=O)c(C)c1. The fraction of sp³-hybridized carbons (Fsp3) is 0.278. The molecule has 24 heavy (non-hydrogen) atoms. The molecule has 0 radical (unpaired) electrons. The lowest BCUT2D eigenvalue weighted by molar-refractivity contribution is -0.116. The van der Waals surface area contributed by atoms with E-state index in [2.05, 4.69) is 16.1 Å². The molecule has 5 nitrogen and oxygen atoms in total. The van der Waals surface area contributed by atoms with Gasteiger partial charge in [-0.3, -0.25) is 9.52 Å². The maximum Gasteiger partial charge on any atom is 0.229 e. The number of hydrogen-bond acceptors (Lipinski definition) is 3. The van der Waals surface area contributed by atoms with Crippen molar-refractivity contribution in [1.82, 2.24) is 0 Å². The predicted octanol–water partition coefficient (Wildman–Crippen LogP) is 3.25. The lowest BCUT2D eigenvalue weighted by Gasteiger charge is -2.12. The molecule has 128 valence electrons. The number of carbonyl (C=O) groups is 1. The zero-order valence-corrected chi connectivity index (χ0v) is 14.9. The van der Waals surface area contributed by atoms with Gasteiger partial charge in [0.25, 0.3) is 0 Å². The molecule has 0 aliphatic carbocycles. The first-order valence-electron chi connectivity index (χ1n) is 7.67. The van der Waals surface area contributed by atoms with Crippen LogP contribution < -0.4 is 10.0 Å². The van der Waals surface area contributed by atoms with Gasteiger partial charge in [-0.25, -0.2) is 8.42 Å². The third-order valence-electron chi connectivity index (χ3n) is 3.62. The molecule has 0 saturated carbocycles. The van der Waals surface area contributed by atoms with Crippen molar-refractivity contribution in [3.63, 3.8) is 0 Å². The van der Waals surface area contributed by atoms with Crippen molar-refractivity contribution in [1.29, 1.82) is 0 Å². The highest BCUT2D eigenvalue weighted by Gasteiger charge is 2.10. The Kier molecular flexibility index (Phi) is 5.62. The number of rotatable bonds is 6. The van der Waals surface area contributed by atoms with Crippen LogP contribution in [0, 0.1) is 13.8 Å². The summed E-state index contributed by atoms with van der Waals surface area (Å²) in [4.78, 5) is 12.2. The van der Waals surface area contributed by atoms with Gasteiger partial charge in [0.1, 0.15) is 0 Å². The number of sulfonamides is 1. The normalized spacial score (nSPS) is 11.1. The van der Waals surface area contributed by atoms with Crippen molar-refractivity contribution in [2.24, 2.45) is 0 Å². The summed E-state index contributed by atoms with van der Waals surface area (Å²) in [5, 5.41) is 2.77. The molecule has 0 aromatic heterocycles. The fourth-order valence-corrected chi connectivity index (χ4v) is 3.05. The summed E-state index contributed by atoms with van der Waals surface area (Å²) in [5.41, 5.74) is 4.31. The van der Waals surface area contributed by atoms with E-state index in [-0.39, 0.29) is 5.91 Å². The van der Waals surface area contributed by atoms with Crippen molar-refractivity contribution in [2.45, 2.75) is 26.7 Å². The number of anilines is 2. The van der Waals surface area contributed by atoms with Gasteiger partial charge in [-0.2, -0.15) is 0 Å². The Hall–Kier alpha value is -2.34.